The Morgan fingerprint density at radius 3 is 2.69 bits per heavy atom. The van der Waals surface area contributed by atoms with E-state index in [1.807, 2.05) is 47.7 Å². The normalized spacial score (nSPS) is 13.6. The van der Waals surface area contributed by atoms with Crippen LogP contribution in [-0.2, 0) is 29.1 Å². The molecule has 2 aromatic rings. The van der Waals surface area contributed by atoms with Crippen LogP contribution in [0.2, 0.25) is 0 Å². The van der Waals surface area contributed by atoms with Crippen molar-refractivity contribution in [3.05, 3.63) is 46.8 Å². The lowest BCUT2D eigenvalue weighted by Crippen LogP contribution is -2.24. The Bertz CT molecular complexity index is 924. The lowest BCUT2D eigenvalue weighted by Gasteiger charge is -2.16. The molecule has 2 heterocycles. The summed E-state index contributed by atoms with van der Waals surface area (Å²) in [7, 11) is 0. The van der Waals surface area contributed by atoms with Crippen LogP contribution in [-0.4, -0.2) is 28.1 Å². The molecule has 7 nitrogen and oxygen atoms in total. The molecular formula is C22H27N5O2. The van der Waals surface area contributed by atoms with Crippen LogP contribution in [0, 0.1) is 25.2 Å². The molecular weight excluding hydrogens is 366 g/mol. The van der Waals surface area contributed by atoms with Gasteiger partial charge < -0.3 is 10.2 Å². The lowest BCUT2D eigenvalue weighted by molar-refractivity contribution is -0.121. The minimum atomic E-state index is -0.00706. The molecule has 29 heavy (non-hydrogen) atoms. The molecule has 1 saturated heterocycles. The number of aromatic nitrogens is 2. The molecule has 7 heteroatoms. The van der Waals surface area contributed by atoms with Gasteiger partial charge in [0, 0.05) is 37.3 Å². The maximum Gasteiger partial charge on any atom is 0.227 e. The summed E-state index contributed by atoms with van der Waals surface area (Å²) < 4.78 is 1.85. The number of amides is 2. The van der Waals surface area contributed by atoms with Gasteiger partial charge in [0.05, 0.1) is 24.7 Å². The van der Waals surface area contributed by atoms with Crippen LogP contribution in [0.3, 0.4) is 0 Å². The summed E-state index contributed by atoms with van der Waals surface area (Å²) in [6.45, 7) is 5.74. The van der Waals surface area contributed by atoms with E-state index in [1.165, 1.54) is 0 Å². The average Bonchev–Trinajstić information content (AvgIpc) is 3.26. The van der Waals surface area contributed by atoms with Crippen LogP contribution < -0.4 is 10.2 Å². The van der Waals surface area contributed by atoms with E-state index < -0.39 is 0 Å². The summed E-state index contributed by atoms with van der Waals surface area (Å²) in [4.78, 5) is 25.9. The van der Waals surface area contributed by atoms with Crippen molar-refractivity contribution in [1.82, 2.24) is 15.1 Å². The highest BCUT2D eigenvalue weighted by Crippen LogP contribution is 2.21. The van der Waals surface area contributed by atoms with Crippen LogP contribution in [0.5, 0.6) is 0 Å². The minimum Gasteiger partial charge on any atom is -0.352 e. The molecule has 2 amide bonds. The van der Waals surface area contributed by atoms with Crippen molar-refractivity contribution in [3.8, 4) is 6.07 Å². The molecule has 0 spiro atoms. The highest BCUT2D eigenvalue weighted by atomic mass is 16.2. The third kappa shape index (κ3) is 5.02. The van der Waals surface area contributed by atoms with E-state index in [0.717, 1.165) is 41.2 Å². The second-order valence-electron chi connectivity index (χ2n) is 7.37. The quantitative estimate of drug-likeness (QED) is 0.747. The van der Waals surface area contributed by atoms with Crippen LogP contribution in [0.15, 0.2) is 24.3 Å². The second-order valence-corrected chi connectivity index (χ2v) is 7.37. The van der Waals surface area contributed by atoms with Crippen LogP contribution in [0.1, 0.15) is 48.2 Å². The monoisotopic (exact) mass is 393 g/mol. The topological polar surface area (TPSA) is 91.0 Å². The molecule has 1 N–H and O–H groups in total. The molecule has 1 aliphatic heterocycles. The fourth-order valence-corrected chi connectivity index (χ4v) is 3.71. The van der Waals surface area contributed by atoms with E-state index in [-0.39, 0.29) is 11.8 Å². The van der Waals surface area contributed by atoms with Crippen molar-refractivity contribution < 1.29 is 9.59 Å². The summed E-state index contributed by atoms with van der Waals surface area (Å²) >= 11 is 0. The largest absolute Gasteiger partial charge is 0.352 e. The number of hydrogen-bond acceptors (Lipinski definition) is 4. The van der Waals surface area contributed by atoms with Gasteiger partial charge in [-0.2, -0.15) is 10.4 Å². The smallest absolute Gasteiger partial charge is 0.227 e. The van der Waals surface area contributed by atoms with Crippen molar-refractivity contribution >= 4 is 17.5 Å². The van der Waals surface area contributed by atoms with Gasteiger partial charge in [0.1, 0.15) is 0 Å². The van der Waals surface area contributed by atoms with Gasteiger partial charge in [0.2, 0.25) is 11.8 Å². The first kappa shape index (κ1) is 20.6. The fraction of sp³-hybridized carbons (Fsp3) is 0.455. The molecule has 0 saturated carbocycles. The van der Waals surface area contributed by atoms with Gasteiger partial charge in [0.25, 0.3) is 0 Å². The summed E-state index contributed by atoms with van der Waals surface area (Å²) in [5, 5.41) is 16.2. The van der Waals surface area contributed by atoms with Crippen molar-refractivity contribution in [3.63, 3.8) is 0 Å². The predicted molar refractivity (Wildman–Crippen MR) is 110 cm³/mol. The van der Waals surface area contributed by atoms with E-state index in [9.17, 15) is 9.59 Å². The van der Waals surface area contributed by atoms with E-state index in [2.05, 4.69) is 16.5 Å². The van der Waals surface area contributed by atoms with Crippen molar-refractivity contribution in [2.45, 2.75) is 59.0 Å². The number of anilines is 1. The Morgan fingerprint density at radius 1 is 1.28 bits per heavy atom. The van der Waals surface area contributed by atoms with E-state index in [0.29, 0.717) is 38.8 Å². The predicted octanol–water partition coefficient (Wildman–Crippen LogP) is 2.79. The third-order valence-corrected chi connectivity index (χ3v) is 5.38. The number of hydrogen-bond donors (Lipinski definition) is 1. The number of nitrogens with zero attached hydrogens (tertiary/aromatic N) is 4. The third-order valence-electron chi connectivity index (χ3n) is 5.38. The van der Waals surface area contributed by atoms with Crippen LogP contribution >= 0.6 is 0 Å². The first-order chi connectivity index (χ1) is 14.0. The molecule has 3 rings (SSSR count). The molecule has 1 aromatic carbocycles. The number of benzene rings is 1. The molecule has 0 bridgehead atoms. The number of carbonyl (C=O) groups is 2. The Kier molecular flexibility index (Phi) is 6.65. The number of aryl methyl sites for hydroxylation is 2. The zero-order valence-electron chi connectivity index (χ0n) is 17.1. The lowest BCUT2D eigenvalue weighted by atomic mass is 10.1. The molecule has 1 aromatic heterocycles. The number of rotatable bonds is 8. The maximum absolute atomic E-state index is 12.3. The van der Waals surface area contributed by atoms with Gasteiger partial charge in [-0.05, 0) is 49.9 Å². The van der Waals surface area contributed by atoms with Gasteiger partial charge in [-0.25, -0.2) is 0 Å². The maximum atomic E-state index is 12.3. The van der Waals surface area contributed by atoms with Gasteiger partial charge in [-0.15, -0.1) is 0 Å². The van der Waals surface area contributed by atoms with E-state index >= 15 is 0 Å². The average molecular weight is 393 g/mol. The fourth-order valence-electron chi connectivity index (χ4n) is 3.71. The highest BCUT2D eigenvalue weighted by molar-refractivity contribution is 5.95. The summed E-state index contributed by atoms with van der Waals surface area (Å²) in [5.41, 5.74) is 4.95. The Labute approximate surface area is 171 Å². The Morgan fingerprint density at radius 2 is 2.03 bits per heavy atom. The van der Waals surface area contributed by atoms with Crippen molar-refractivity contribution in [2.75, 3.05) is 11.4 Å². The molecule has 0 radical (unpaired) electrons. The van der Waals surface area contributed by atoms with E-state index in [4.69, 9.17) is 5.26 Å². The Balaban J connectivity index is 1.49. The molecule has 0 unspecified atom stereocenters. The zero-order chi connectivity index (χ0) is 20.8. The zero-order valence-corrected chi connectivity index (χ0v) is 17.1. The van der Waals surface area contributed by atoms with Gasteiger partial charge >= 0.3 is 0 Å². The first-order valence-electron chi connectivity index (χ1n) is 10.1. The SMILES string of the molecule is Cc1nn(CCC#N)c(C)c1CCC(=O)NCc1ccc(N2CCCC2=O)cc1. The summed E-state index contributed by atoms with van der Waals surface area (Å²) in [6.07, 6.45) is 2.98. The highest BCUT2D eigenvalue weighted by Gasteiger charge is 2.21. The van der Waals surface area contributed by atoms with Gasteiger partial charge in [0.15, 0.2) is 0 Å². The molecule has 0 atom stereocenters. The summed E-state index contributed by atoms with van der Waals surface area (Å²) in [5.74, 6) is 0.167. The minimum absolute atomic E-state index is 0.00706. The molecule has 152 valence electrons. The number of nitrogens with one attached hydrogen (secondary N) is 1. The van der Waals surface area contributed by atoms with Crippen LogP contribution in [0.25, 0.3) is 0 Å². The van der Waals surface area contributed by atoms with E-state index in [1.54, 1.807) is 0 Å². The van der Waals surface area contributed by atoms with Crippen molar-refractivity contribution in [2.24, 2.45) is 0 Å². The first-order valence-corrected chi connectivity index (χ1v) is 10.1. The molecule has 1 fully saturated rings. The van der Waals surface area contributed by atoms with Crippen LogP contribution in [0.4, 0.5) is 5.69 Å². The molecule has 1 aliphatic rings. The number of carbonyl (C=O) groups excluding carboxylic acids is 2. The van der Waals surface area contributed by atoms with Gasteiger partial charge in [-0.3, -0.25) is 14.3 Å². The van der Waals surface area contributed by atoms with Crippen molar-refractivity contribution in [1.29, 1.82) is 5.26 Å². The second kappa shape index (κ2) is 9.37. The standard InChI is InChI=1S/C22H27N5O2/c1-16-20(17(2)27(25-16)14-4-12-23)10-11-21(28)24-15-18-6-8-19(9-7-18)26-13-3-5-22(26)29/h6-9H,3-5,10-11,13-15H2,1-2H3,(H,24,28). The molecule has 0 aliphatic carbocycles. The summed E-state index contributed by atoms with van der Waals surface area (Å²) in [6, 6.07) is 9.91. The Hall–Kier alpha value is -3.14. The number of nitriles is 1. The van der Waals surface area contributed by atoms with Gasteiger partial charge in [-0.1, -0.05) is 12.1 Å².